The highest BCUT2D eigenvalue weighted by atomic mass is 35.5. The molecule has 5 rings (SSSR count). The number of nitrogens with one attached hydrogen (secondary N) is 1. The van der Waals surface area contributed by atoms with E-state index in [-0.39, 0.29) is 17.9 Å². The molecule has 0 radical (unpaired) electrons. The Balaban J connectivity index is 1.32. The van der Waals surface area contributed by atoms with Crippen LogP contribution in [0, 0.1) is 6.92 Å². The van der Waals surface area contributed by atoms with E-state index in [0.29, 0.717) is 49.0 Å². The zero-order valence-corrected chi connectivity index (χ0v) is 18.6. The molecule has 0 aliphatic carbocycles. The summed E-state index contributed by atoms with van der Waals surface area (Å²) in [5.41, 5.74) is 5.16. The number of carbonyl (C=O) groups excluding carboxylic acids is 2. The molecule has 0 spiro atoms. The first kappa shape index (κ1) is 20.9. The second-order valence-electron chi connectivity index (χ2n) is 8.26. The molecule has 0 bridgehead atoms. The number of halogens is 1. The summed E-state index contributed by atoms with van der Waals surface area (Å²) in [6.45, 7) is 4.05. The molecule has 2 amide bonds. The van der Waals surface area contributed by atoms with Crippen molar-refractivity contribution >= 4 is 29.1 Å². The first-order valence-electron chi connectivity index (χ1n) is 10.8. The molecule has 1 fully saturated rings. The van der Waals surface area contributed by atoms with Crippen LogP contribution in [-0.2, 0) is 29.0 Å². The third-order valence-electron chi connectivity index (χ3n) is 6.18. The number of aryl methyl sites for hydroxylation is 1. The molecule has 166 valence electrons. The highest BCUT2D eigenvalue weighted by Crippen LogP contribution is 2.25. The Morgan fingerprint density at radius 2 is 2.19 bits per heavy atom. The van der Waals surface area contributed by atoms with Crippen LogP contribution in [0.2, 0.25) is 5.02 Å². The van der Waals surface area contributed by atoms with Crippen molar-refractivity contribution in [2.24, 2.45) is 0 Å². The summed E-state index contributed by atoms with van der Waals surface area (Å²) in [7, 11) is 0. The molecule has 3 aromatic heterocycles. The van der Waals surface area contributed by atoms with Crippen LogP contribution in [0.5, 0.6) is 0 Å². The zero-order valence-electron chi connectivity index (χ0n) is 17.8. The summed E-state index contributed by atoms with van der Waals surface area (Å²) in [6, 6.07) is 3.54. The van der Waals surface area contributed by atoms with Gasteiger partial charge in [-0.25, -0.2) is 4.98 Å². The van der Waals surface area contributed by atoms with E-state index in [1.54, 1.807) is 33.8 Å². The van der Waals surface area contributed by atoms with Crippen molar-refractivity contribution in [2.45, 2.75) is 45.4 Å². The number of fused-ring (bicyclic) bond motifs is 2. The molecule has 0 aromatic carbocycles. The Morgan fingerprint density at radius 1 is 1.31 bits per heavy atom. The van der Waals surface area contributed by atoms with Crippen molar-refractivity contribution in [1.29, 1.82) is 0 Å². The van der Waals surface area contributed by atoms with E-state index >= 15 is 0 Å². The van der Waals surface area contributed by atoms with Gasteiger partial charge >= 0.3 is 0 Å². The lowest BCUT2D eigenvalue weighted by atomic mass is 9.94. The third-order valence-corrected chi connectivity index (χ3v) is 6.40. The number of carbonyl (C=O) groups is 2. The van der Waals surface area contributed by atoms with Crippen molar-refractivity contribution in [2.75, 3.05) is 13.2 Å². The molecular formula is C23H24ClN5O3. The monoisotopic (exact) mass is 453 g/mol. The summed E-state index contributed by atoms with van der Waals surface area (Å²) < 4.78 is 7.23. The van der Waals surface area contributed by atoms with Gasteiger partial charge in [-0.3, -0.25) is 14.6 Å². The molecule has 8 nitrogen and oxygen atoms in total. The molecule has 5 heterocycles. The van der Waals surface area contributed by atoms with E-state index in [1.807, 2.05) is 13.1 Å². The van der Waals surface area contributed by atoms with Crippen molar-refractivity contribution < 1.29 is 14.3 Å². The summed E-state index contributed by atoms with van der Waals surface area (Å²) in [5.74, 6) is -0.191. The van der Waals surface area contributed by atoms with Crippen molar-refractivity contribution in [3.63, 3.8) is 0 Å². The van der Waals surface area contributed by atoms with Gasteiger partial charge in [-0.15, -0.1) is 0 Å². The Kier molecular flexibility index (Phi) is 5.57. The third kappa shape index (κ3) is 3.96. The van der Waals surface area contributed by atoms with Crippen molar-refractivity contribution in [1.82, 2.24) is 24.6 Å². The number of ether oxygens (including phenoxy) is 1. The number of amides is 2. The van der Waals surface area contributed by atoms with Gasteiger partial charge in [-0.2, -0.15) is 0 Å². The van der Waals surface area contributed by atoms with Crippen molar-refractivity contribution in [3.8, 4) is 0 Å². The highest BCUT2D eigenvalue weighted by molar-refractivity contribution is 6.30. The number of nitrogens with zero attached hydrogens (tertiary/aromatic N) is 4. The fraction of sp³-hybridized carbons (Fsp3) is 0.391. The maximum Gasteiger partial charge on any atom is 0.274 e. The van der Waals surface area contributed by atoms with Crippen LogP contribution in [0.4, 0.5) is 0 Å². The van der Waals surface area contributed by atoms with Crippen LogP contribution in [0.15, 0.2) is 30.7 Å². The average Bonchev–Trinajstić information content (AvgIpc) is 3.47. The maximum absolute atomic E-state index is 13.1. The second-order valence-corrected chi connectivity index (χ2v) is 8.70. The van der Waals surface area contributed by atoms with E-state index < -0.39 is 0 Å². The predicted octanol–water partition coefficient (Wildman–Crippen LogP) is 2.68. The average molecular weight is 454 g/mol. The maximum atomic E-state index is 13.1. The summed E-state index contributed by atoms with van der Waals surface area (Å²) >= 11 is 6.04. The summed E-state index contributed by atoms with van der Waals surface area (Å²) in [6.07, 6.45) is 7.31. The number of aromatic nitrogens is 3. The topological polar surface area (TPSA) is 88.8 Å². The van der Waals surface area contributed by atoms with Crippen LogP contribution in [0.25, 0.3) is 5.65 Å². The van der Waals surface area contributed by atoms with E-state index in [4.69, 9.17) is 16.3 Å². The van der Waals surface area contributed by atoms with E-state index in [0.717, 1.165) is 35.2 Å². The molecule has 3 aromatic rings. The number of rotatable bonds is 4. The zero-order chi connectivity index (χ0) is 22.2. The Morgan fingerprint density at radius 3 is 3.00 bits per heavy atom. The lowest BCUT2D eigenvalue weighted by Gasteiger charge is -2.30. The van der Waals surface area contributed by atoms with Gasteiger partial charge in [-0.1, -0.05) is 11.6 Å². The first-order valence-corrected chi connectivity index (χ1v) is 11.2. The number of hydrogen-bond donors (Lipinski definition) is 1. The summed E-state index contributed by atoms with van der Waals surface area (Å²) in [5, 5.41) is 3.59. The van der Waals surface area contributed by atoms with Gasteiger partial charge in [0.1, 0.15) is 17.4 Å². The second kappa shape index (κ2) is 8.52. The standard InChI is InChI=1S/C23H24ClN5O3/c1-14-18(10-26-22(30)20-3-2-8-32-20)17-6-7-28(11-15(17)9-25-14)23(31)19-13-29-12-16(24)4-5-21(29)27-19/h4-5,9,12-13,20H,2-3,6-8,10-11H2,1H3,(H,26,30). The Labute approximate surface area is 190 Å². The minimum atomic E-state index is -0.351. The van der Waals surface area contributed by atoms with Crippen molar-refractivity contribution in [3.05, 3.63) is 63.8 Å². The van der Waals surface area contributed by atoms with Gasteiger partial charge in [0, 0.05) is 50.5 Å². The first-order chi connectivity index (χ1) is 15.5. The molecule has 1 saturated heterocycles. The minimum absolute atomic E-state index is 0.0703. The number of pyridine rings is 2. The largest absolute Gasteiger partial charge is 0.368 e. The Bertz CT molecular complexity index is 1200. The number of hydrogen-bond acceptors (Lipinski definition) is 5. The molecule has 1 N–H and O–H groups in total. The quantitative estimate of drug-likeness (QED) is 0.656. The molecule has 32 heavy (non-hydrogen) atoms. The van der Waals surface area contributed by atoms with Crippen LogP contribution in [-0.4, -0.2) is 50.3 Å². The minimum Gasteiger partial charge on any atom is -0.368 e. The lowest BCUT2D eigenvalue weighted by molar-refractivity contribution is -0.130. The molecule has 9 heteroatoms. The molecule has 1 unspecified atom stereocenters. The van der Waals surface area contributed by atoms with Crippen LogP contribution in [0.1, 0.15) is 45.7 Å². The summed E-state index contributed by atoms with van der Waals surface area (Å²) in [4.78, 5) is 36.2. The molecule has 0 saturated carbocycles. The molecule has 1 atom stereocenters. The van der Waals surface area contributed by atoms with Gasteiger partial charge in [-0.05, 0) is 55.0 Å². The van der Waals surface area contributed by atoms with Crippen LogP contribution >= 0.6 is 11.6 Å². The Hall–Kier alpha value is -2.97. The highest BCUT2D eigenvalue weighted by Gasteiger charge is 2.27. The number of imidazole rings is 1. The van der Waals surface area contributed by atoms with E-state index in [9.17, 15) is 9.59 Å². The smallest absolute Gasteiger partial charge is 0.274 e. The van der Waals surface area contributed by atoms with Gasteiger partial charge < -0.3 is 19.4 Å². The lowest BCUT2D eigenvalue weighted by Crippen LogP contribution is -2.38. The van der Waals surface area contributed by atoms with Gasteiger partial charge in [0.2, 0.25) is 5.91 Å². The molecule has 2 aliphatic heterocycles. The van der Waals surface area contributed by atoms with Gasteiger partial charge in [0.25, 0.3) is 5.91 Å². The fourth-order valence-electron chi connectivity index (χ4n) is 4.43. The van der Waals surface area contributed by atoms with Gasteiger partial charge in [0.15, 0.2) is 0 Å². The van der Waals surface area contributed by atoms with Crippen LogP contribution < -0.4 is 5.32 Å². The molecule has 2 aliphatic rings. The van der Waals surface area contributed by atoms with Crippen LogP contribution in [0.3, 0.4) is 0 Å². The molecular weight excluding hydrogens is 430 g/mol. The van der Waals surface area contributed by atoms with Gasteiger partial charge in [0.05, 0.1) is 5.02 Å². The normalized spacial score (nSPS) is 18.1. The van der Waals surface area contributed by atoms with E-state index in [1.165, 1.54) is 0 Å². The van der Waals surface area contributed by atoms with E-state index in [2.05, 4.69) is 15.3 Å². The SMILES string of the molecule is Cc1ncc2c(c1CNC(=O)C1CCCO1)CCN(C(=O)c1cn3cc(Cl)ccc3n1)C2. The fourth-order valence-corrected chi connectivity index (χ4v) is 4.60. The predicted molar refractivity (Wildman–Crippen MR) is 118 cm³/mol.